The van der Waals surface area contributed by atoms with Crippen LogP contribution in [-0.4, -0.2) is 11.2 Å². The molecule has 3 fully saturated rings. The summed E-state index contributed by atoms with van der Waals surface area (Å²) in [5.41, 5.74) is 4.21. The zero-order chi connectivity index (χ0) is 21.7. The van der Waals surface area contributed by atoms with E-state index in [1.165, 1.54) is 51.4 Å². The van der Waals surface area contributed by atoms with Crippen LogP contribution in [0.3, 0.4) is 0 Å². The smallest absolute Gasteiger partial charge is 0.0577 e. The Morgan fingerprint density at radius 1 is 1.10 bits per heavy atom. The topological polar surface area (TPSA) is 20.2 Å². The van der Waals surface area contributed by atoms with E-state index in [0.29, 0.717) is 16.7 Å². The van der Waals surface area contributed by atoms with Crippen LogP contribution in [0.25, 0.3) is 0 Å². The van der Waals surface area contributed by atoms with Crippen molar-refractivity contribution in [3.8, 4) is 0 Å². The molecule has 0 aliphatic heterocycles. The van der Waals surface area contributed by atoms with Gasteiger partial charge < -0.3 is 5.11 Å². The lowest BCUT2D eigenvalue weighted by atomic mass is 9.47. The molecule has 4 aliphatic carbocycles. The van der Waals surface area contributed by atoms with Crippen molar-refractivity contribution >= 4 is 0 Å². The Hall–Kier alpha value is -0.560. The second-order valence-corrected chi connectivity index (χ2v) is 12.4. The highest BCUT2D eigenvalue weighted by molar-refractivity contribution is 5.25. The summed E-state index contributed by atoms with van der Waals surface area (Å²) in [7, 11) is 0. The van der Waals surface area contributed by atoms with E-state index in [0.717, 1.165) is 42.4 Å². The maximum atomic E-state index is 10.2. The highest BCUT2D eigenvalue weighted by atomic mass is 16.3. The van der Waals surface area contributed by atoms with E-state index in [2.05, 4.69) is 53.7 Å². The Morgan fingerprint density at radius 2 is 1.87 bits per heavy atom. The van der Waals surface area contributed by atoms with E-state index in [9.17, 15) is 5.11 Å². The molecule has 0 aromatic carbocycles. The largest absolute Gasteiger partial charge is 0.393 e. The number of hydrogen-bond donors (Lipinski definition) is 1. The van der Waals surface area contributed by atoms with Gasteiger partial charge in [0.2, 0.25) is 0 Å². The molecule has 30 heavy (non-hydrogen) atoms. The molecular weight excluding hydrogens is 364 g/mol. The third-order valence-electron chi connectivity index (χ3n) is 10.8. The zero-order valence-electron chi connectivity index (χ0n) is 20.7. The molecule has 1 heteroatoms. The summed E-state index contributed by atoms with van der Waals surface area (Å²) < 4.78 is 0. The fourth-order valence-electron chi connectivity index (χ4n) is 8.98. The van der Waals surface area contributed by atoms with Crippen LogP contribution >= 0.6 is 0 Å². The molecule has 1 N–H and O–H groups in total. The van der Waals surface area contributed by atoms with Gasteiger partial charge in [-0.15, -0.1) is 0 Å². The van der Waals surface area contributed by atoms with Crippen LogP contribution in [0.1, 0.15) is 106 Å². The molecule has 0 saturated heterocycles. The Bertz CT molecular complexity index is 686. The van der Waals surface area contributed by atoms with Gasteiger partial charge >= 0.3 is 0 Å². The fraction of sp³-hybridized carbons (Fsp3) is 0.862. The maximum Gasteiger partial charge on any atom is 0.0577 e. The monoisotopic (exact) mass is 412 g/mol. The van der Waals surface area contributed by atoms with Crippen LogP contribution < -0.4 is 0 Å². The highest BCUT2D eigenvalue weighted by Gasteiger charge is 2.59. The zero-order valence-corrected chi connectivity index (χ0v) is 20.7. The average Bonchev–Trinajstić information content (AvgIpc) is 3.06. The first-order chi connectivity index (χ1) is 14.2. The lowest BCUT2D eigenvalue weighted by molar-refractivity contribution is -0.0571. The predicted octanol–water partition coefficient (Wildman–Crippen LogP) is 7.94. The summed E-state index contributed by atoms with van der Waals surface area (Å²) in [6.07, 6.45) is 17.8. The van der Waals surface area contributed by atoms with Gasteiger partial charge in [0.1, 0.15) is 0 Å². The van der Waals surface area contributed by atoms with E-state index in [4.69, 9.17) is 0 Å². The van der Waals surface area contributed by atoms with Gasteiger partial charge in [-0.1, -0.05) is 57.9 Å². The summed E-state index contributed by atoms with van der Waals surface area (Å²) in [5, 5.41) is 10.2. The van der Waals surface area contributed by atoms with Crippen molar-refractivity contribution in [3.05, 3.63) is 23.3 Å². The molecule has 0 spiro atoms. The third-order valence-corrected chi connectivity index (χ3v) is 10.8. The molecular formula is C29H48O. The minimum absolute atomic E-state index is 0.0839. The first-order valence-corrected chi connectivity index (χ1v) is 13.2. The minimum Gasteiger partial charge on any atom is -0.393 e. The van der Waals surface area contributed by atoms with E-state index in [1.54, 1.807) is 11.1 Å². The van der Waals surface area contributed by atoms with Crippen LogP contribution in [0.5, 0.6) is 0 Å². The first kappa shape index (κ1) is 22.6. The number of hydrogen-bond acceptors (Lipinski definition) is 1. The SMILES string of the molecule is C/C=C(\CC[C@@H](C)[C@@H]1CC[C@@H]2[C@H]3CC=C4C[C@@H](O)CC[C@]4(C)[C@@H]3CC[C@@]21C)C(C)C. The van der Waals surface area contributed by atoms with Crippen LogP contribution in [0.15, 0.2) is 23.3 Å². The normalized spacial score (nSPS) is 44.9. The Balaban J connectivity index is 1.49. The summed E-state index contributed by atoms with van der Waals surface area (Å²) in [4.78, 5) is 0. The van der Waals surface area contributed by atoms with Crippen molar-refractivity contribution in [2.45, 2.75) is 112 Å². The number of fused-ring (bicyclic) bond motifs is 5. The van der Waals surface area contributed by atoms with Gasteiger partial charge in [-0.25, -0.2) is 0 Å². The molecule has 0 unspecified atom stereocenters. The quantitative estimate of drug-likeness (QED) is 0.454. The average molecular weight is 413 g/mol. The Kier molecular flexibility index (Phi) is 6.35. The summed E-state index contributed by atoms with van der Waals surface area (Å²) in [6, 6.07) is 0. The van der Waals surface area contributed by atoms with Crippen LogP contribution in [0.2, 0.25) is 0 Å². The second-order valence-electron chi connectivity index (χ2n) is 12.4. The molecule has 0 aromatic rings. The lowest BCUT2D eigenvalue weighted by Crippen LogP contribution is -2.50. The van der Waals surface area contributed by atoms with Crippen molar-refractivity contribution in [2.75, 3.05) is 0 Å². The van der Waals surface area contributed by atoms with E-state index in [-0.39, 0.29) is 6.10 Å². The summed E-state index contributed by atoms with van der Waals surface area (Å²) in [6.45, 7) is 14.7. The van der Waals surface area contributed by atoms with Gasteiger partial charge in [-0.05, 0) is 117 Å². The van der Waals surface area contributed by atoms with Crippen molar-refractivity contribution in [1.29, 1.82) is 0 Å². The van der Waals surface area contributed by atoms with Gasteiger partial charge in [0, 0.05) is 0 Å². The van der Waals surface area contributed by atoms with Gasteiger partial charge in [-0.3, -0.25) is 0 Å². The first-order valence-electron chi connectivity index (χ1n) is 13.2. The number of allylic oxidation sites excluding steroid dienone is 3. The molecule has 0 radical (unpaired) electrons. The van der Waals surface area contributed by atoms with Gasteiger partial charge in [-0.2, -0.15) is 0 Å². The molecule has 0 aromatic heterocycles. The van der Waals surface area contributed by atoms with E-state index >= 15 is 0 Å². The predicted molar refractivity (Wildman–Crippen MR) is 128 cm³/mol. The van der Waals surface area contributed by atoms with Crippen molar-refractivity contribution in [2.24, 2.45) is 46.3 Å². The van der Waals surface area contributed by atoms with Crippen LogP contribution in [0.4, 0.5) is 0 Å². The third kappa shape index (κ3) is 3.66. The van der Waals surface area contributed by atoms with Crippen molar-refractivity contribution in [3.63, 3.8) is 0 Å². The van der Waals surface area contributed by atoms with E-state index < -0.39 is 0 Å². The molecule has 0 bridgehead atoms. The number of rotatable bonds is 5. The summed E-state index contributed by atoms with van der Waals surface area (Å²) >= 11 is 0. The molecule has 3 saturated carbocycles. The summed E-state index contributed by atoms with van der Waals surface area (Å²) in [5.74, 6) is 5.15. The maximum absolute atomic E-state index is 10.2. The molecule has 4 rings (SSSR count). The fourth-order valence-corrected chi connectivity index (χ4v) is 8.98. The molecule has 4 aliphatic rings. The van der Waals surface area contributed by atoms with Gasteiger partial charge in [0.25, 0.3) is 0 Å². The number of aliphatic hydroxyl groups is 1. The van der Waals surface area contributed by atoms with E-state index in [1.807, 2.05) is 0 Å². The lowest BCUT2D eigenvalue weighted by Gasteiger charge is -2.58. The van der Waals surface area contributed by atoms with Crippen LogP contribution in [0, 0.1) is 46.3 Å². The molecule has 0 heterocycles. The molecule has 1 nitrogen and oxygen atoms in total. The Labute approximate surface area is 186 Å². The molecule has 8 atom stereocenters. The number of aliphatic hydroxyl groups excluding tert-OH is 1. The molecule has 0 amide bonds. The van der Waals surface area contributed by atoms with Crippen molar-refractivity contribution < 1.29 is 5.11 Å². The van der Waals surface area contributed by atoms with Gasteiger partial charge in [0.15, 0.2) is 0 Å². The standard InChI is InChI=1S/C29H48O/c1-7-21(19(2)3)9-8-20(4)25-12-13-26-24-11-10-22-18-23(30)14-16-28(22,5)27(24)15-17-29(25,26)6/h7,10,19-20,23-27,30H,8-9,11-18H2,1-6H3/b21-7+/t20-,23+,24-,25+,26-,27-,28+,29-/m1/s1. The Morgan fingerprint density at radius 3 is 2.57 bits per heavy atom. The van der Waals surface area contributed by atoms with Crippen molar-refractivity contribution in [1.82, 2.24) is 0 Å². The second kappa shape index (κ2) is 8.42. The minimum atomic E-state index is -0.0839. The van der Waals surface area contributed by atoms with Crippen LogP contribution in [-0.2, 0) is 0 Å². The highest BCUT2D eigenvalue weighted by Crippen LogP contribution is 2.67. The van der Waals surface area contributed by atoms with Gasteiger partial charge in [0.05, 0.1) is 6.10 Å². The molecule has 170 valence electrons.